The first-order valence-electron chi connectivity index (χ1n) is 8.25. The zero-order valence-corrected chi connectivity index (χ0v) is 15.0. The summed E-state index contributed by atoms with van der Waals surface area (Å²) in [6.45, 7) is 0.865. The molecule has 1 aliphatic rings. The Labute approximate surface area is 152 Å². The molecule has 1 atom stereocenters. The lowest BCUT2D eigenvalue weighted by Crippen LogP contribution is -2.33. The van der Waals surface area contributed by atoms with Gasteiger partial charge in [0.15, 0.2) is 0 Å². The largest absolute Gasteiger partial charge is 0.491 e. The van der Waals surface area contributed by atoms with Gasteiger partial charge in [-0.25, -0.2) is 4.79 Å². The second-order valence-electron chi connectivity index (χ2n) is 5.76. The molecular formula is C19H22N2O3S. The number of likely N-dealkylation sites (N-methyl/N-ethyl adjacent to an activating group) is 1. The highest BCUT2D eigenvalue weighted by Gasteiger charge is 2.20. The molecule has 5 nitrogen and oxygen atoms in total. The Bertz CT molecular complexity index is 690. The van der Waals surface area contributed by atoms with Crippen molar-refractivity contribution in [3.05, 3.63) is 60.2 Å². The Kier molecular flexibility index (Phi) is 6.19. The number of rotatable bonds is 6. The SMILES string of the molecule is CN(CCOc1ccccc1C1CSCN1)C(=O)Oc1ccccc1. The van der Waals surface area contributed by atoms with E-state index in [1.165, 1.54) is 10.5 Å². The topological polar surface area (TPSA) is 50.8 Å². The van der Waals surface area contributed by atoms with Gasteiger partial charge in [0.25, 0.3) is 0 Å². The van der Waals surface area contributed by atoms with Gasteiger partial charge in [-0.2, -0.15) is 0 Å². The van der Waals surface area contributed by atoms with Crippen LogP contribution < -0.4 is 14.8 Å². The van der Waals surface area contributed by atoms with Crippen molar-refractivity contribution in [3.8, 4) is 11.5 Å². The lowest BCUT2D eigenvalue weighted by atomic mass is 10.1. The van der Waals surface area contributed by atoms with Gasteiger partial charge in [0.2, 0.25) is 0 Å². The lowest BCUT2D eigenvalue weighted by Gasteiger charge is -2.19. The highest BCUT2D eigenvalue weighted by molar-refractivity contribution is 7.99. The van der Waals surface area contributed by atoms with Crippen molar-refractivity contribution in [3.63, 3.8) is 0 Å². The summed E-state index contributed by atoms with van der Waals surface area (Å²) in [6, 6.07) is 17.4. The van der Waals surface area contributed by atoms with Crippen LogP contribution in [0.25, 0.3) is 0 Å². The normalized spacial score (nSPS) is 16.4. The molecule has 1 unspecified atom stereocenters. The second kappa shape index (κ2) is 8.78. The van der Waals surface area contributed by atoms with Gasteiger partial charge in [0.05, 0.1) is 6.54 Å². The smallest absolute Gasteiger partial charge is 0.415 e. The molecule has 0 spiro atoms. The van der Waals surface area contributed by atoms with Crippen molar-refractivity contribution in [2.24, 2.45) is 0 Å². The summed E-state index contributed by atoms with van der Waals surface area (Å²) in [7, 11) is 1.70. The molecule has 1 amide bonds. The third kappa shape index (κ3) is 4.90. The second-order valence-corrected chi connectivity index (χ2v) is 6.79. The van der Waals surface area contributed by atoms with Crippen LogP contribution in [0, 0.1) is 0 Å². The quantitative estimate of drug-likeness (QED) is 0.856. The van der Waals surface area contributed by atoms with Crippen molar-refractivity contribution in [2.75, 3.05) is 31.8 Å². The molecule has 0 aliphatic carbocycles. The average molecular weight is 358 g/mol. The van der Waals surface area contributed by atoms with Crippen LogP contribution >= 0.6 is 11.8 Å². The van der Waals surface area contributed by atoms with E-state index >= 15 is 0 Å². The number of nitrogens with zero attached hydrogens (tertiary/aromatic N) is 1. The van der Waals surface area contributed by atoms with Crippen LogP contribution in [0.15, 0.2) is 54.6 Å². The molecule has 0 bridgehead atoms. The van der Waals surface area contributed by atoms with Crippen LogP contribution in [-0.2, 0) is 0 Å². The van der Waals surface area contributed by atoms with E-state index in [-0.39, 0.29) is 0 Å². The molecule has 3 rings (SSSR count). The minimum atomic E-state index is -0.392. The van der Waals surface area contributed by atoms with Gasteiger partial charge >= 0.3 is 6.09 Å². The summed E-state index contributed by atoms with van der Waals surface area (Å²) in [5, 5.41) is 3.46. The third-order valence-electron chi connectivity index (χ3n) is 3.96. The standard InChI is InChI=1S/C19H22N2O3S/c1-21(19(22)24-15-7-3-2-4-8-15)11-12-23-18-10-6-5-9-16(18)17-13-25-14-20-17/h2-10,17,20H,11-14H2,1H3. The van der Waals surface area contributed by atoms with Gasteiger partial charge in [-0.05, 0) is 18.2 Å². The number of hydrogen-bond donors (Lipinski definition) is 1. The maximum absolute atomic E-state index is 12.1. The first-order chi connectivity index (χ1) is 12.2. The Hall–Kier alpha value is -2.18. The average Bonchev–Trinajstić information content (AvgIpc) is 3.17. The van der Waals surface area contributed by atoms with Gasteiger partial charge in [-0.1, -0.05) is 36.4 Å². The molecular weight excluding hydrogens is 336 g/mol. The van der Waals surface area contributed by atoms with Gasteiger partial charge in [0.1, 0.15) is 18.1 Å². The van der Waals surface area contributed by atoms with E-state index in [1.807, 2.05) is 48.2 Å². The van der Waals surface area contributed by atoms with Crippen LogP contribution in [0.4, 0.5) is 4.79 Å². The molecule has 6 heteroatoms. The molecule has 2 aromatic carbocycles. The maximum atomic E-state index is 12.1. The molecule has 2 aromatic rings. The zero-order valence-electron chi connectivity index (χ0n) is 14.2. The highest BCUT2D eigenvalue weighted by atomic mass is 32.2. The minimum absolute atomic E-state index is 0.321. The van der Waals surface area contributed by atoms with Crippen LogP contribution in [0.2, 0.25) is 0 Å². The van der Waals surface area contributed by atoms with E-state index in [9.17, 15) is 4.79 Å². The molecule has 132 valence electrons. The minimum Gasteiger partial charge on any atom is -0.491 e. The molecule has 25 heavy (non-hydrogen) atoms. The highest BCUT2D eigenvalue weighted by Crippen LogP contribution is 2.30. The predicted molar refractivity (Wildman–Crippen MR) is 100 cm³/mol. The summed E-state index contributed by atoms with van der Waals surface area (Å²) in [6.07, 6.45) is -0.392. The summed E-state index contributed by atoms with van der Waals surface area (Å²) in [5.74, 6) is 3.42. The van der Waals surface area contributed by atoms with Gasteiger partial charge < -0.3 is 19.7 Å². The maximum Gasteiger partial charge on any atom is 0.415 e. The molecule has 1 N–H and O–H groups in total. The van der Waals surface area contributed by atoms with E-state index in [1.54, 1.807) is 19.2 Å². The first-order valence-corrected chi connectivity index (χ1v) is 9.40. The lowest BCUT2D eigenvalue weighted by molar-refractivity contribution is 0.153. The number of para-hydroxylation sites is 2. The Morgan fingerprint density at radius 2 is 1.96 bits per heavy atom. The number of hydrogen-bond acceptors (Lipinski definition) is 5. The molecule has 1 heterocycles. The summed E-state index contributed by atoms with van der Waals surface area (Å²) in [5.41, 5.74) is 1.17. The Morgan fingerprint density at radius 1 is 1.20 bits per heavy atom. The van der Waals surface area contributed by atoms with E-state index < -0.39 is 6.09 Å². The van der Waals surface area contributed by atoms with Crippen molar-refractivity contribution in [1.82, 2.24) is 10.2 Å². The van der Waals surface area contributed by atoms with Crippen LogP contribution in [0.1, 0.15) is 11.6 Å². The van der Waals surface area contributed by atoms with Crippen molar-refractivity contribution in [1.29, 1.82) is 0 Å². The number of benzene rings is 2. The van der Waals surface area contributed by atoms with Crippen molar-refractivity contribution >= 4 is 17.9 Å². The van der Waals surface area contributed by atoms with E-state index in [0.717, 1.165) is 17.4 Å². The Balaban J connectivity index is 1.50. The molecule has 0 aromatic heterocycles. The fourth-order valence-corrected chi connectivity index (χ4v) is 3.52. The molecule has 0 radical (unpaired) electrons. The Morgan fingerprint density at radius 3 is 2.72 bits per heavy atom. The number of carbonyl (C=O) groups is 1. The van der Waals surface area contributed by atoms with E-state index in [4.69, 9.17) is 9.47 Å². The van der Waals surface area contributed by atoms with Crippen LogP contribution in [0.3, 0.4) is 0 Å². The molecule has 1 fully saturated rings. The van der Waals surface area contributed by atoms with Crippen LogP contribution in [-0.4, -0.2) is 42.8 Å². The number of amides is 1. The van der Waals surface area contributed by atoms with Crippen LogP contribution in [0.5, 0.6) is 11.5 Å². The van der Waals surface area contributed by atoms with E-state index in [2.05, 4.69) is 11.4 Å². The van der Waals surface area contributed by atoms with Gasteiger partial charge in [-0.15, -0.1) is 11.8 Å². The summed E-state index contributed by atoms with van der Waals surface area (Å²) >= 11 is 1.88. The predicted octanol–water partition coefficient (Wildman–Crippen LogP) is 3.53. The molecule has 0 saturated carbocycles. The molecule has 1 saturated heterocycles. The number of carbonyl (C=O) groups excluding carboxylic acids is 1. The third-order valence-corrected chi connectivity index (χ3v) is 4.89. The van der Waals surface area contributed by atoms with E-state index in [0.29, 0.717) is 24.9 Å². The monoisotopic (exact) mass is 358 g/mol. The molecule has 1 aliphatic heterocycles. The number of ether oxygens (including phenoxy) is 2. The first kappa shape index (κ1) is 17.6. The summed E-state index contributed by atoms with van der Waals surface area (Å²) in [4.78, 5) is 13.6. The van der Waals surface area contributed by atoms with Gasteiger partial charge in [0, 0.05) is 30.3 Å². The number of thioether (sulfide) groups is 1. The van der Waals surface area contributed by atoms with Crippen molar-refractivity contribution < 1.29 is 14.3 Å². The fraction of sp³-hybridized carbons (Fsp3) is 0.316. The van der Waals surface area contributed by atoms with Crippen molar-refractivity contribution in [2.45, 2.75) is 6.04 Å². The van der Waals surface area contributed by atoms with Gasteiger partial charge in [-0.3, -0.25) is 0 Å². The zero-order chi connectivity index (χ0) is 17.5. The number of nitrogens with one attached hydrogen (secondary N) is 1. The fourth-order valence-electron chi connectivity index (χ4n) is 2.55. The summed E-state index contributed by atoms with van der Waals surface area (Å²) < 4.78 is 11.2.